The molecule has 1 aliphatic carbocycles. The first-order valence-electron chi connectivity index (χ1n) is 8.69. The zero-order chi connectivity index (χ0) is 18.0. The molecule has 0 spiro atoms. The van der Waals surface area contributed by atoms with Crippen molar-refractivity contribution in [3.63, 3.8) is 0 Å². The van der Waals surface area contributed by atoms with E-state index >= 15 is 0 Å². The summed E-state index contributed by atoms with van der Waals surface area (Å²) in [5, 5.41) is 7.36. The minimum absolute atomic E-state index is 0. The highest BCUT2D eigenvalue weighted by molar-refractivity contribution is 5.91. The van der Waals surface area contributed by atoms with Crippen LogP contribution in [0.1, 0.15) is 61.9 Å². The summed E-state index contributed by atoms with van der Waals surface area (Å²) in [4.78, 5) is 17.1. The van der Waals surface area contributed by atoms with Crippen LogP contribution in [-0.2, 0) is 0 Å². The molecule has 1 amide bonds. The van der Waals surface area contributed by atoms with Crippen molar-refractivity contribution in [2.24, 2.45) is 5.73 Å². The molecule has 6 nitrogen and oxygen atoms in total. The maximum absolute atomic E-state index is 13.6. The summed E-state index contributed by atoms with van der Waals surface area (Å²) in [6.45, 7) is 4.32. The number of hydrogen-bond acceptors (Lipinski definition) is 4. The van der Waals surface area contributed by atoms with Crippen molar-refractivity contribution in [2.45, 2.75) is 51.0 Å². The number of nitrogens with two attached hydrogens (primary N) is 1. The van der Waals surface area contributed by atoms with Crippen molar-refractivity contribution < 1.29 is 9.18 Å². The highest BCUT2D eigenvalue weighted by Crippen LogP contribution is 2.29. The van der Waals surface area contributed by atoms with E-state index < -0.39 is 0 Å². The number of carbonyl (C=O) groups excluding carboxylic acids is 1. The van der Waals surface area contributed by atoms with Gasteiger partial charge in [0.15, 0.2) is 0 Å². The maximum atomic E-state index is 13.6. The second-order valence-electron chi connectivity index (χ2n) is 6.99. The lowest BCUT2D eigenvalue weighted by Crippen LogP contribution is -2.51. The van der Waals surface area contributed by atoms with Gasteiger partial charge < -0.3 is 11.1 Å². The summed E-state index contributed by atoms with van der Waals surface area (Å²) in [7, 11) is 0. The molecule has 142 valence electrons. The summed E-state index contributed by atoms with van der Waals surface area (Å²) in [6, 6.07) is 6.09. The standard InChI is InChI=1S/C18H24FN5O.ClH/c1-12(2)16-21-15(17(25)22-18(11-20)8-3-4-9-18)23-24(16)14-7-5-6-13(19)10-14;/h5-7,10,12H,3-4,8-9,11,20H2,1-2H3,(H,22,25);1H. The van der Waals surface area contributed by atoms with E-state index in [1.165, 1.54) is 16.8 Å². The quantitative estimate of drug-likeness (QED) is 0.833. The number of halogens is 2. The molecule has 26 heavy (non-hydrogen) atoms. The van der Waals surface area contributed by atoms with Gasteiger partial charge in [-0.1, -0.05) is 32.8 Å². The predicted octanol–water partition coefficient (Wildman–Crippen LogP) is 2.95. The van der Waals surface area contributed by atoms with Crippen LogP contribution in [0.4, 0.5) is 4.39 Å². The Kier molecular flexibility index (Phi) is 6.36. The molecule has 1 heterocycles. The molecule has 1 aromatic heterocycles. The third-order valence-electron chi connectivity index (χ3n) is 4.73. The number of nitrogens with zero attached hydrogens (tertiary/aromatic N) is 3. The first kappa shape index (κ1) is 20.3. The molecule has 0 radical (unpaired) electrons. The lowest BCUT2D eigenvalue weighted by Gasteiger charge is -2.27. The Morgan fingerprint density at radius 2 is 2.08 bits per heavy atom. The molecule has 0 saturated heterocycles. The number of rotatable bonds is 5. The average Bonchev–Trinajstić information content (AvgIpc) is 3.22. The van der Waals surface area contributed by atoms with Crippen LogP contribution in [-0.4, -0.2) is 32.8 Å². The molecule has 3 rings (SSSR count). The minimum Gasteiger partial charge on any atom is -0.343 e. The molecule has 2 aromatic rings. The van der Waals surface area contributed by atoms with Gasteiger partial charge >= 0.3 is 0 Å². The van der Waals surface area contributed by atoms with Crippen molar-refractivity contribution in [1.82, 2.24) is 20.1 Å². The fourth-order valence-corrected chi connectivity index (χ4v) is 3.32. The Balaban J connectivity index is 0.00000243. The van der Waals surface area contributed by atoms with E-state index in [9.17, 15) is 9.18 Å². The third-order valence-corrected chi connectivity index (χ3v) is 4.73. The van der Waals surface area contributed by atoms with E-state index in [-0.39, 0.29) is 41.4 Å². The predicted molar refractivity (Wildman–Crippen MR) is 100 cm³/mol. The molecule has 1 fully saturated rings. The van der Waals surface area contributed by atoms with Gasteiger partial charge in [0, 0.05) is 12.5 Å². The molecule has 0 bridgehead atoms. The molecule has 3 N–H and O–H groups in total. The van der Waals surface area contributed by atoms with Gasteiger partial charge in [-0.15, -0.1) is 17.5 Å². The summed E-state index contributed by atoms with van der Waals surface area (Å²) in [6.07, 6.45) is 3.85. The summed E-state index contributed by atoms with van der Waals surface area (Å²) < 4.78 is 15.1. The van der Waals surface area contributed by atoms with Crippen LogP contribution >= 0.6 is 12.4 Å². The number of amides is 1. The maximum Gasteiger partial charge on any atom is 0.291 e. The van der Waals surface area contributed by atoms with Gasteiger partial charge in [-0.2, -0.15) is 0 Å². The topological polar surface area (TPSA) is 85.8 Å². The summed E-state index contributed by atoms with van der Waals surface area (Å²) in [5.41, 5.74) is 6.07. The number of benzene rings is 1. The number of carbonyl (C=O) groups is 1. The second-order valence-corrected chi connectivity index (χ2v) is 6.99. The van der Waals surface area contributed by atoms with Gasteiger partial charge in [0.2, 0.25) is 5.82 Å². The Hall–Kier alpha value is -1.99. The van der Waals surface area contributed by atoms with E-state index in [0.29, 0.717) is 18.1 Å². The molecule has 1 saturated carbocycles. The number of aromatic nitrogens is 3. The van der Waals surface area contributed by atoms with Gasteiger partial charge in [-0.25, -0.2) is 14.1 Å². The van der Waals surface area contributed by atoms with E-state index in [2.05, 4.69) is 15.4 Å². The van der Waals surface area contributed by atoms with Crippen LogP contribution in [0.3, 0.4) is 0 Å². The SMILES string of the molecule is CC(C)c1nc(C(=O)NC2(CN)CCCC2)nn1-c1cccc(F)c1.Cl. The normalized spacial score (nSPS) is 15.7. The van der Waals surface area contributed by atoms with Crippen LogP contribution in [0.5, 0.6) is 0 Å². The number of nitrogens with one attached hydrogen (secondary N) is 1. The fourth-order valence-electron chi connectivity index (χ4n) is 3.32. The lowest BCUT2D eigenvalue weighted by molar-refractivity contribution is 0.0892. The zero-order valence-electron chi connectivity index (χ0n) is 15.0. The first-order chi connectivity index (χ1) is 11.9. The summed E-state index contributed by atoms with van der Waals surface area (Å²) >= 11 is 0. The molecule has 0 atom stereocenters. The van der Waals surface area contributed by atoms with E-state index in [4.69, 9.17) is 5.73 Å². The van der Waals surface area contributed by atoms with E-state index in [1.54, 1.807) is 12.1 Å². The summed E-state index contributed by atoms with van der Waals surface area (Å²) in [5.74, 6) is 0.0510. The zero-order valence-corrected chi connectivity index (χ0v) is 15.9. The lowest BCUT2D eigenvalue weighted by atomic mass is 9.98. The minimum atomic E-state index is -0.362. The largest absolute Gasteiger partial charge is 0.343 e. The van der Waals surface area contributed by atoms with Crippen molar-refractivity contribution in [2.75, 3.05) is 6.54 Å². The Morgan fingerprint density at radius 3 is 2.65 bits per heavy atom. The van der Waals surface area contributed by atoms with Crippen molar-refractivity contribution >= 4 is 18.3 Å². The Labute approximate surface area is 158 Å². The second kappa shape index (κ2) is 8.14. The molecule has 1 aliphatic rings. The highest BCUT2D eigenvalue weighted by atomic mass is 35.5. The third kappa shape index (κ3) is 4.04. The van der Waals surface area contributed by atoms with Crippen LogP contribution < -0.4 is 11.1 Å². The van der Waals surface area contributed by atoms with Crippen LogP contribution in [0.25, 0.3) is 5.69 Å². The number of hydrogen-bond donors (Lipinski definition) is 2. The van der Waals surface area contributed by atoms with E-state index in [0.717, 1.165) is 25.7 Å². The van der Waals surface area contributed by atoms with Gasteiger partial charge in [0.05, 0.1) is 11.2 Å². The van der Waals surface area contributed by atoms with Crippen molar-refractivity contribution in [1.29, 1.82) is 0 Å². The molecule has 1 aromatic carbocycles. The molecular weight excluding hydrogens is 357 g/mol. The molecule has 0 unspecified atom stereocenters. The first-order valence-corrected chi connectivity index (χ1v) is 8.69. The smallest absolute Gasteiger partial charge is 0.291 e. The Morgan fingerprint density at radius 1 is 1.38 bits per heavy atom. The van der Waals surface area contributed by atoms with Gasteiger partial charge in [-0.05, 0) is 31.0 Å². The molecule has 8 heteroatoms. The van der Waals surface area contributed by atoms with Gasteiger partial charge in [0.1, 0.15) is 11.6 Å². The van der Waals surface area contributed by atoms with Gasteiger partial charge in [0.25, 0.3) is 5.91 Å². The van der Waals surface area contributed by atoms with Crippen molar-refractivity contribution in [3.8, 4) is 5.69 Å². The molecule has 0 aliphatic heterocycles. The fraction of sp³-hybridized carbons (Fsp3) is 0.500. The van der Waals surface area contributed by atoms with E-state index in [1.807, 2.05) is 13.8 Å². The molecular formula is C18H25ClFN5O. The average molecular weight is 382 g/mol. The van der Waals surface area contributed by atoms with Gasteiger partial charge in [-0.3, -0.25) is 4.79 Å². The Bertz CT molecular complexity index is 771. The van der Waals surface area contributed by atoms with Crippen LogP contribution in [0.2, 0.25) is 0 Å². The van der Waals surface area contributed by atoms with Crippen molar-refractivity contribution in [3.05, 3.63) is 41.7 Å². The highest BCUT2D eigenvalue weighted by Gasteiger charge is 2.35. The monoisotopic (exact) mass is 381 g/mol. The van der Waals surface area contributed by atoms with Crippen LogP contribution in [0.15, 0.2) is 24.3 Å². The van der Waals surface area contributed by atoms with Crippen LogP contribution in [0, 0.1) is 5.82 Å².